The molecule has 0 aliphatic rings. The van der Waals surface area contributed by atoms with E-state index in [0.717, 1.165) is 27.7 Å². The van der Waals surface area contributed by atoms with Gasteiger partial charge in [-0.05, 0) is 60.2 Å². The van der Waals surface area contributed by atoms with Gasteiger partial charge in [-0.15, -0.1) is 0 Å². The predicted octanol–water partition coefficient (Wildman–Crippen LogP) is 3.99. The number of aromatic nitrogens is 2. The first-order valence-electron chi connectivity index (χ1n) is 8.66. The molecule has 0 unspecified atom stereocenters. The van der Waals surface area contributed by atoms with Crippen molar-refractivity contribution in [2.45, 2.75) is 33.2 Å². The minimum absolute atomic E-state index is 0.148. The van der Waals surface area contributed by atoms with E-state index in [9.17, 15) is 9.18 Å². The second kappa shape index (κ2) is 7.25. The highest BCUT2D eigenvalue weighted by Gasteiger charge is 2.18. The molecule has 0 saturated carbocycles. The maximum atomic E-state index is 14.6. The summed E-state index contributed by atoms with van der Waals surface area (Å²) in [5.41, 5.74) is 9.29. The van der Waals surface area contributed by atoms with E-state index in [0.29, 0.717) is 12.3 Å². The van der Waals surface area contributed by atoms with Crippen molar-refractivity contribution >= 4 is 22.6 Å². The number of nitrogens with zero attached hydrogens (tertiary/aromatic N) is 1. The normalized spacial score (nSPS) is 12.5. The standard InChI is InChI=1S/C20H23FN4O/c1-11(2)8-17(22)20(26)25-18-9-12(3)15(10-16(18)21)13-4-6-23-19-14(13)5-7-24-19/h4-7,9-11,17H,8,22H2,1-3H3,(H,23,24)(H,25,26)/t17-/m1/s1. The van der Waals surface area contributed by atoms with Crippen LogP contribution in [0.2, 0.25) is 0 Å². The molecule has 3 rings (SSSR count). The van der Waals surface area contributed by atoms with Crippen molar-refractivity contribution in [3.63, 3.8) is 0 Å². The zero-order chi connectivity index (χ0) is 18.8. The van der Waals surface area contributed by atoms with Gasteiger partial charge in [-0.3, -0.25) is 4.79 Å². The van der Waals surface area contributed by atoms with Gasteiger partial charge in [0.1, 0.15) is 11.5 Å². The number of hydrogen-bond donors (Lipinski definition) is 3. The van der Waals surface area contributed by atoms with Crippen LogP contribution in [0.25, 0.3) is 22.2 Å². The van der Waals surface area contributed by atoms with Crippen molar-refractivity contribution in [2.24, 2.45) is 11.7 Å². The second-order valence-corrected chi connectivity index (χ2v) is 6.97. The van der Waals surface area contributed by atoms with Gasteiger partial charge in [-0.1, -0.05) is 13.8 Å². The molecule has 1 amide bonds. The van der Waals surface area contributed by atoms with Gasteiger partial charge in [0, 0.05) is 17.8 Å². The minimum Gasteiger partial charge on any atom is -0.346 e. The first-order chi connectivity index (χ1) is 12.4. The van der Waals surface area contributed by atoms with Crippen molar-refractivity contribution < 1.29 is 9.18 Å². The molecule has 3 aromatic rings. The molecule has 0 aliphatic heterocycles. The molecule has 1 aromatic carbocycles. The van der Waals surface area contributed by atoms with Gasteiger partial charge in [0.05, 0.1) is 11.7 Å². The van der Waals surface area contributed by atoms with Crippen LogP contribution in [-0.4, -0.2) is 21.9 Å². The maximum Gasteiger partial charge on any atom is 0.241 e. The first-order valence-corrected chi connectivity index (χ1v) is 8.66. The molecule has 0 spiro atoms. The highest BCUT2D eigenvalue weighted by atomic mass is 19.1. The Hall–Kier alpha value is -2.73. The summed E-state index contributed by atoms with van der Waals surface area (Å²) in [6, 6.07) is 6.20. The molecule has 5 nitrogen and oxygen atoms in total. The first kappa shape index (κ1) is 18.1. The number of H-pyrrole nitrogens is 1. The third-order valence-electron chi connectivity index (χ3n) is 4.38. The van der Waals surface area contributed by atoms with E-state index in [4.69, 9.17) is 5.73 Å². The summed E-state index contributed by atoms with van der Waals surface area (Å²) in [7, 11) is 0. The summed E-state index contributed by atoms with van der Waals surface area (Å²) in [5, 5.41) is 3.53. The Kier molecular flexibility index (Phi) is 5.04. The minimum atomic E-state index is -0.658. The van der Waals surface area contributed by atoms with Crippen LogP contribution < -0.4 is 11.1 Å². The van der Waals surface area contributed by atoms with Crippen LogP contribution >= 0.6 is 0 Å². The van der Waals surface area contributed by atoms with E-state index in [1.807, 2.05) is 32.9 Å². The zero-order valence-corrected chi connectivity index (χ0v) is 15.1. The fraction of sp³-hybridized carbons (Fsp3) is 0.300. The molecule has 0 aliphatic carbocycles. The highest BCUT2D eigenvalue weighted by Crippen LogP contribution is 2.32. The summed E-state index contributed by atoms with van der Waals surface area (Å²) in [6.07, 6.45) is 4.04. The predicted molar refractivity (Wildman–Crippen MR) is 102 cm³/mol. The van der Waals surface area contributed by atoms with Crippen molar-refractivity contribution in [3.8, 4) is 11.1 Å². The Labute approximate surface area is 151 Å². The molecule has 4 N–H and O–H groups in total. The van der Waals surface area contributed by atoms with Crippen molar-refractivity contribution in [3.05, 3.63) is 48.0 Å². The SMILES string of the molecule is Cc1cc(NC(=O)[C@H](N)CC(C)C)c(F)cc1-c1ccnc2[nH]ccc12. The summed E-state index contributed by atoms with van der Waals surface area (Å²) in [6.45, 7) is 5.86. The van der Waals surface area contributed by atoms with Gasteiger partial charge in [-0.25, -0.2) is 9.37 Å². The summed E-state index contributed by atoms with van der Waals surface area (Å²) in [4.78, 5) is 19.5. The van der Waals surface area contributed by atoms with Gasteiger partial charge in [0.25, 0.3) is 0 Å². The van der Waals surface area contributed by atoms with Gasteiger partial charge < -0.3 is 16.0 Å². The number of nitrogens with one attached hydrogen (secondary N) is 2. The molecular formula is C20H23FN4O. The Balaban J connectivity index is 1.92. The number of rotatable bonds is 5. The number of fused-ring (bicyclic) bond motifs is 1. The van der Waals surface area contributed by atoms with Crippen LogP contribution in [0.1, 0.15) is 25.8 Å². The molecule has 2 heterocycles. The molecule has 0 fully saturated rings. The van der Waals surface area contributed by atoms with Crippen LogP contribution in [0, 0.1) is 18.7 Å². The van der Waals surface area contributed by atoms with Crippen molar-refractivity contribution in [1.82, 2.24) is 9.97 Å². The molecule has 136 valence electrons. The van der Waals surface area contributed by atoms with Gasteiger partial charge in [0.15, 0.2) is 0 Å². The highest BCUT2D eigenvalue weighted by molar-refractivity contribution is 5.97. The van der Waals surface area contributed by atoms with Crippen LogP contribution in [0.15, 0.2) is 36.7 Å². The van der Waals surface area contributed by atoms with E-state index >= 15 is 0 Å². The number of carbonyl (C=O) groups is 1. The lowest BCUT2D eigenvalue weighted by atomic mass is 9.98. The average Bonchev–Trinajstić information content (AvgIpc) is 3.06. The van der Waals surface area contributed by atoms with Crippen LogP contribution in [0.4, 0.5) is 10.1 Å². The number of amides is 1. The quantitative estimate of drug-likeness (QED) is 0.648. The molecule has 26 heavy (non-hydrogen) atoms. The Morgan fingerprint density at radius 2 is 2.08 bits per heavy atom. The Morgan fingerprint density at radius 1 is 1.31 bits per heavy atom. The number of pyridine rings is 1. The molecule has 0 saturated heterocycles. The number of carbonyl (C=O) groups excluding carboxylic acids is 1. The van der Waals surface area contributed by atoms with E-state index in [2.05, 4.69) is 15.3 Å². The fourth-order valence-corrected chi connectivity index (χ4v) is 3.10. The molecule has 2 aromatic heterocycles. The lowest BCUT2D eigenvalue weighted by Gasteiger charge is -2.16. The van der Waals surface area contributed by atoms with E-state index in [1.165, 1.54) is 6.07 Å². The molecule has 6 heteroatoms. The average molecular weight is 354 g/mol. The second-order valence-electron chi connectivity index (χ2n) is 6.97. The van der Waals surface area contributed by atoms with Crippen molar-refractivity contribution in [2.75, 3.05) is 5.32 Å². The fourth-order valence-electron chi connectivity index (χ4n) is 3.10. The monoisotopic (exact) mass is 354 g/mol. The van der Waals surface area contributed by atoms with Gasteiger partial charge >= 0.3 is 0 Å². The molecule has 1 atom stereocenters. The van der Waals surface area contributed by atoms with Gasteiger partial charge in [-0.2, -0.15) is 0 Å². The largest absolute Gasteiger partial charge is 0.346 e. The van der Waals surface area contributed by atoms with Gasteiger partial charge in [0.2, 0.25) is 5.91 Å². The lowest BCUT2D eigenvalue weighted by Crippen LogP contribution is -2.36. The Morgan fingerprint density at radius 3 is 2.81 bits per heavy atom. The zero-order valence-electron chi connectivity index (χ0n) is 15.1. The summed E-state index contributed by atoms with van der Waals surface area (Å²) < 4.78 is 14.6. The number of nitrogens with two attached hydrogens (primary N) is 1. The van der Waals surface area contributed by atoms with E-state index in [1.54, 1.807) is 18.5 Å². The third-order valence-corrected chi connectivity index (χ3v) is 4.38. The maximum absolute atomic E-state index is 14.6. The van der Waals surface area contributed by atoms with E-state index < -0.39 is 11.9 Å². The molecule has 0 bridgehead atoms. The molecular weight excluding hydrogens is 331 g/mol. The van der Waals surface area contributed by atoms with Crippen LogP contribution in [0.5, 0.6) is 0 Å². The number of halogens is 1. The molecule has 0 radical (unpaired) electrons. The smallest absolute Gasteiger partial charge is 0.241 e. The van der Waals surface area contributed by atoms with E-state index in [-0.39, 0.29) is 11.6 Å². The van der Waals surface area contributed by atoms with Crippen molar-refractivity contribution in [1.29, 1.82) is 0 Å². The third kappa shape index (κ3) is 3.60. The summed E-state index contributed by atoms with van der Waals surface area (Å²) >= 11 is 0. The lowest BCUT2D eigenvalue weighted by molar-refractivity contribution is -0.117. The summed E-state index contributed by atoms with van der Waals surface area (Å²) in [5.74, 6) is -0.571. The number of aryl methyl sites for hydroxylation is 1. The number of anilines is 1. The number of aromatic amines is 1. The topological polar surface area (TPSA) is 83.8 Å². The number of hydrogen-bond acceptors (Lipinski definition) is 3. The Bertz CT molecular complexity index is 948. The number of benzene rings is 1. The van der Waals surface area contributed by atoms with Crippen LogP contribution in [-0.2, 0) is 4.79 Å². The van der Waals surface area contributed by atoms with Crippen LogP contribution in [0.3, 0.4) is 0 Å².